The molecule has 2 unspecified atom stereocenters. The molecule has 2 saturated heterocycles. The van der Waals surface area contributed by atoms with E-state index in [1.165, 1.54) is 4.57 Å². The molecule has 2 fully saturated rings. The average Bonchev–Trinajstić information content (AvgIpc) is 3.52. The van der Waals surface area contributed by atoms with Gasteiger partial charge < -0.3 is 23.8 Å². The quantitative estimate of drug-likeness (QED) is 0.471. The Morgan fingerprint density at radius 3 is 2.62 bits per heavy atom. The van der Waals surface area contributed by atoms with Crippen LogP contribution < -0.4 is 20.1 Å². The molecule has 0 N–H and O–H groups in total. The fraction of sp³-hybridized carbons (Fsp3) is 0.348. The van der Waals surface area contributed by atoms with Gasteiger partial charge in [-0.2, -0.15) is 18.2 Å². The number of nitrogens with zero attached hydrogens (tertiary/aromatic N) is 4. The second-order valence-corrected chi connectivity index (χ2v) is 8.67. The number of rotatable bonds is 5. The molecule has 194 valence electrons. The first-order valence-electron chi connectivity index (χ1n) is 11.1. The first-order valence-corrected chi connectivity index (χ1v) is 11.1. The zero-order valence-corrected chi connectivity index (χ0v) is 18.7. The van der Waals surface area contributed by atoms with Gasteiger partial charge in [0.2, 0.25) is 5.88 Å². The average molecular weight is 524 g/mol. The summed E-state index contributed by atoms with van der Waals surface area (Å²) in [6.45, 7) is 0.813. The van der Waals surface area contributed by atoms with Gasteiger partial charge in [0.25, 0.3) is 0 Å². The Bertz CT molecular complexity index is 1410. The van der Waals surface area contributed by atoms with Crippen LogP contribution in [0.2, 0.25) is 0 Å². The van der Waals surface area contributed by atoms with Gasteiger partial charge in [-0.15, -0.1) is 0 Å². The van der Waals surface area contributed by atoms with E-state index in [-0.39, 0.29) is 43.1 Å². The van der Waals surface area contributed by atoms with Crippen molar-refractivity contribution in [3.63, 3.8) is 0 Å². The summed E-state index contributed by atoms with van der Waals surface area (Å²) in [4.78, 5) is 21.6. The van der Waals surface area contributed by atoms with Crippen molar-refractivity contribution in [2.24, 2.45) is 0 Å². The van der Waals surface area contributed by atoms with E-state index in [4.69, 9.17) is 18.9 Å². The number of benzene rings is 1. The smallest absolute Gasteiger partial charge is 0.433 e. The van der Waals surface area contributed by atoms with E-state index >= 15 is 0 Å². The summed E-state index contributed by atoms with van der Waals surface area (Å²) in [6, 6.07) is 4.90. The number of alkyl halides is 3. The van der Waals surface area contributed by atoms with Crippen LogP contribution in [0.4, 0.5) is 27.8 Å². The largest absolute Gasteiger partial charge is 0.473 e. The second kappa shape index (κ2) is 8.66. The third kappa shape index (κ3) is 4.25. The molecule has 0 saturated carbocycles. The summed E-state index contributed by atoms with van der Waals surface area (Å²) in [5, 5.41) is 0. The maximum atomic E-state index is 14.6. The number of anilines is 1. The third-order valence-corrected chi connectivity index (χ3v) is 6.38. The minimum Gasteiger partial charge on any atom is -0.473 e. The van der Waals surface area contributed by atoms with E-state index in [1.807, 2.05) is 4.90 Å². The summed E-state index contributed by atoms with van der Waals surface area (Å²) < 4.78 is 91.0. The van der Waals surface area contributed by atoms with Crippen LogP contribution in [0.1, 0.15) is 11.3 Å². The molecule has 37 heavy (non-hydrogen) atoms. The molecule has 3 aliphatic heterocycles. The van der Waals surface area contributed by atoms with E-state index in [9.17, 15) is 26.7 Å². The molecule has 9 nitrogen and oxygen atoms in total. The highest BCUT2D eigenvalue weighted by Gasteiger charge is 2.50. The van der Waals surface area contributed by atoms with Gasteiger partial charge in [0.05, 0.1) is 12.6 Å². The molecule has 1 aromatic carbocycles. The van der Waals surface area contributed by atoms with Crippen molar-refractivity contribution in [1.82, 2.24) is 14.5 Å². The van der Waals surface area contributed by atoms with Crippen molar-refractivity contribution >= 4 is 5.82 Å². The Kier molecular flexibility index (Phi) is 5.53. The Morgan fingerprint density at radius 2 is 1.86 bits per heavy atom. The standard InChI is InChI=1S/C23H17F5N4O5/c24-13-3-11(4-14(25)20(13)37-12-1-2-29-17(5-12)23(26,27)28)9-34-18-6-19-31-8-16-21(36-10-35-16)15(31)7-32(19)22(33)30-18/h1-6,15-16,21H,7-10H2/t15-,16?,21?/m0/s1. The van der Waals surface area contributed by atoms with E-state index in [2.05, 4.69) is 9.97 Å². The molecule has 0 aliphatic carbocycles. The van der Waals surface area contributed by atoms with Gasteiger partial charge in [0.15, 0.2) is 17.4 Å². The Balaban J connectivity index is 1.17. The van der Waals surface area contributed by atoms with Gasteiger partial charge in [0, 0.05) is 24.9 Å². The number of fused-ring (bicyclic) bond motifs is 5. The van der Waals surface area contributed by atoms with Gasteiger partial charge in [-0.3, -0.25) is 9.55 Å². The van der Waals surface area contributed by atoms with E-state index in [0.29, 0.717) is 25.0 Å². The Hall–Kier alpha value is -3.78. The Morgan fingerprint density at radius 1 is 1.08 bits per heavy atom. The summed E-state index contributed by atoms with van der Waals surface area (Å²) in [5.74, 6) is -3.08. The molecule has 14 heteroatoms. The fourth-order valence-electron chi connectivity index (χ4n) is 4.74. The molecular formula is C23H17F5N4O5. The predicted molar refractivity (Wildman–Crippen MR) is 114 cm³/mol. The van der Waals surface area contributed by atoms with Crippen LogP contribution in [0.3, 0.4) is 0 Å². The molecule has 0 spiro atoms. The number of halogens is 5. The van der Waals surface area contributed by atoms with E-state index in [1.54, 1.807) is 6.07 Å². The highest BCUT2D eigenvalue weighted by Crippen LogP contribution is 2.38. The van der Waals surface area contributed by atoms with Crippen molar-refractivity contribution < 1.29 is 40.9 Å². The first kappa shape index (κ1) is 23.6. The number of ether oxygens (including phenoxy) is 4. The molecule has 5 heterocycles. The zero-order valence-electron chi connectivity index (χ0n) is 18.7. The fourth-order valence-corrected chi connectivity index (χ4v) is 4.74. The lowest BCUT2D eigenvalue weighted by atomic mass is 10.1. The van der Waals surface area contributed by atoms with Gasteiger partial charge >= 0.3 is 11.9 Å². The summed E-state index contributed by atoms with van der Waals surface area (Å²) >= 11 is 0. The lowest BCUT2D eigenvalue weighted by molar-refractivity contribution is -0.141. The van der Waals surface area contributed by atoms with Crippen LogP contribution in [0.25, 0.3) is 0 Å². The maximum Gasteiger partial charge on any atom is 0.433 e. The van der Waals surface area contributed by atoms with E-state index < -0.39 is 40.7 Å². The minimum atomic E-state index is -4.75. The topological polar surface area (TPSA) is 87.9 Å². The van der Waals surface area contributed by atoms with Gasteiger partial charge in [0.1, 0.15) is 42.9 Å². The van der Waals surface area contributed by atoms with Crippen LogP contribution in [0.15, 0.2) is 41.3 Å². The number of hydrogen-bond donors (Lipinski definition) is 0. The number of pyridine rings is 1. The van der Waals surface area contributed by atoms with Crippen molar-refractivity contribution in [2.75, 3.05) is 18.2 Å². The van der Waals surface area contributed by atoms with Crippen molar-refractivity contribution in [1.29, 1.82) is 0 Å². The van der Waals surface area contributed by atoms with Crippen LogP contribution in [-0.2, 0) is 28.8 Å². The summed E-state index contributed by atoms with van der Waals surface area (Å²) in [6.07, 6.45) is -4.17. The van der Waals surface area contributed by atoms with Crippen LogP contribution in [0.5, 0.6) is 17.4 Å². The van der Waals surface area contributed by atoms with Gasteiger partial charge in [-0.05, 0) is 23.8 Å². The molecule has 2 aromatic heterocycles. The molecule has 0 amide bonds. The second-order valence-electron chi connectivity index (χ2n) is 8.67. The molecule has 3 atom stereocenters. The van der Waals surface area contributed by atoms with Gasteiger partial charge in [-0.1, -0.05) is 0 Å². The molecule has 3 aromatic rings. The third-order valence-electron chi connectivity index (χ3n) is 6.38. The first-order chi connectivity index (χ1) is 17.7. The Labute approximate surface area is 205 Å². The van der Waals surface area contributed by atoms with Crippen LogP contribution in [0, 0.1) is 11.6 Å². The zero-order chi connectivity index (χ0) is 25.9. The number of hydrogen-bond acceptors (Lipinski definition) is 8. The number of aromatic nitrogens is 3. The summed E-state index contributed by atoms with van der Waals surface area (Å²) in [5.41, 5.74) is -1.75. The highest BCUT2D eigenvalue weighted by atomic mass is 19.4. The lowest BCUT2D eigenvalue weighted by Crippen LogP contribution is -2.34. The van der Waals surface area contributed by atoms with Crippen LogP contribution in [-0.4, -0.2) is 46.1 Å². The minimum absolute atomic E-state index is 0.0339. The van der Waals surface area contributed by atoms with Crippen molar-refractivity contribution in [3.8, 4) is 17.4 Å². The van der Waals surface area contributed by atoms with Gasteiger partial charge in [-0.25, -0.2) is 13.6 Å². The van der Waals surface area contributed by atoms with Crippen LogP contribution >= 0.6 is 0 Å². The summed E-state index contributed by atoms with van der Waals surface area (Å²) in [7, 11) is 0. The highest BCUT2D eigenvalue weighted by molar-refractivity contribution is 5.50. The van der Waals surface area contributed by atoms with Crippen molar-refractivity contribution in [2.45, 2.75) is 37.6 Å². The SMILES string of the molecule is O=c1nc(OCc2cc(F)c(Oc3ccnc(C(F)(F)F)c3)c(F)c2)cc2n1C[C@H]1C3OCOC3CN21. The molecule has 0 radical (unpaired) electrons. The molecule has 6 rings (SSSR count). The monoisotopic (exact) mass is 524 g/mol. The maximum absolute atomic E-state index is 14.6. The molecule has 3 aliphatic rings. The lowest BCUT2D eigenvalue weighted by Gasteiger charge is -2.19. The molecule has 0 bridgehead atoms. The predicted octanol–water partition coefficient (Wildman–Crippen LogP) is 3.25. The van der Waals surface area contributed by atoms with E-state index in [0.717, 1.165) is 24.4 Å². The normalized spacial score (nSPS) is 22.1. The van der Waals surface area contributed by atoms with Crippen molar-refractivity contribution in [3.05, 3.63) is 69.9 Å². The molecular weight excluding hydrogens is 507 g/mol.